The van der Waals surface area contributed by atoms with Crippen LogP contribution in [0.25, 0.3) is 0 Å². The van der Waals surface area contributed by atoms with Crippen LogP contribution >= 0.6 is 0 Å². The van der Waals surface area contributed by atoms with Crippen molar-refractivity contribution in [2.75, 3.05) is 7.11 Å². The molecule has 0 aliphatic carbocycles. The van der Waals surface area contributed by atoms with Gasteiger partial charge in [-0.3, -0.25) is 9.59 Å². The molecule has 2 atom stereocenters. The second kappa shape index (κ2) is 4.45. The molecule has 0 aromatic heterocycles. The molecule has 90 valence electrons. The molecule has 1 heterocycles. The molecule has 1 amide bonds. The predicted molar refractivity (Wildman–Crippen MR) is 59.6 cm³/mol. The largest absolute Gasteiger partial charge is 0.497 e. The molecule has 1 fully saturated rings. The Morgan fingerprint density at radius 2 is 2.29 bits per heavy atom. The van der Waals surface area contributed by atoms with E-state index < -0.39 is 17.9 Å². The van der Waals surface area contributed by atoms with Gasteiger partial charge in [-0.1, -0.05) is 12.1 Å². The van der Waals surface area contributed by atoms with Gasteiger partial charge in [0, 0.05) is 6.42 Å². The number of hydrogen-bond donors (Lipinski definition) is 2. The fourth-order valence-electron chi connectivity index (χ4n) is 2.03. The van der Waals surface area contributed by atoms with E-state index in [1.165, 1.54) is 0 Å². The maximum atomic E-state index is 11.3. The summed E-state index contributed by atoms with van der Waals surface area (Å²) in [5, 5.41) is 11.7. The Kier molecular flexibility index (Phi) is 2.99. The third kappa shape index (κ3) is 2.22. The van der Waals surface area contributed by atoms with E-state index in [1.54, 1.807) is 31.4 Å². The number of ether oxygens (including phenoxy) is 1. The van der Waals surface area contributed by atoms with E-state index >= 15 is 0 Å². The number of nitrogens with one attached hydrogen (secondary N) is 1. The van der Waals surface area contributed by atoms with Crippen molar-refractivity contribution in [1.82, 2.24) is 5.32 Å². The Balaban J connectivity index is 2.31. The summed E-state index contributed by atoms with van der Waals surface area (Å²) in [6.45, 7) is 0. The highest BCUT2D eigenvalue weighted by Crippen LogP contribution is 2.31. The van der Waals surface area contributed by atoms with Crippen LogP contribution in [0.1, 0.15) is 18.0 Å². The zero-order chi connectivity index (χ0) is 12.4. The summed E-state index contributed by atoms with van der Waals surface area (Å²) >= 11 is 0. The van der Waals surface area contributed by atoms with Crippen molar-refractivity contribution < 1.29 is 19.4 Å². The maximum absolute atomic E-state index is 11.3. The number of carboxylic acids is 1. The van der Waals surface area contributed by atoms with Crippen LogP contribution in [-0.2, 0) is 9.59 Å². The number of carbonyl (C=O) groups excluding carboxylic acids is 1. The van der Waals surface area contributed by atoms with Crippen LogP contribution in [0.4, 0.5) is 0 Å². The number of rotatable bonds is 3. The molecule has 0 bridgehead atoms. The molecular formula is C12H13NO4. The Morgan fingerprint density at radius 3 is 2.94 bits per heavy atom. The van der Waals surface area contributed by atoms with Crippen molar-refractivity contribution in [2.45, 2.75) is 12.5 Å². The summed E-state index contributed by atoms with van der Waals surface area (Å²) in [6.07, 6.45) is 0.0250. The van der Waals surface area contributed by atoms with Crippen molar-refractivity contribution in [2.24, 2.45) is 5.92 Å². The van der Waals surface area contributed by atoms with Gasteiger partial charge in [-0.25, -0.2) is 0 Å². The Bertz CT molecular complexity index is 458. The quantitative estimate of drug-likeness (QED) is 0.818. The van der Waals surface area contributed by atoms with Gasteiger partial charge in [-0.05, 0) is 17.7 Å². The van der Waals surface area contributed by atoms with Crippen LogP contribution < -0.4 is 10.1 Å². The van der Waals surface area contributed by atoms with Gasteiger partial charge in [0.25, 0.3) is 0 Å². The third-order valence-corrected chi connectivity index (χ3v) is 2.89. The zero-order valence-electron chi connectivity index (χ0n) is 9.34. The summed E-state index contributed by atoms with van der Waals surface area (Å²) in [5.74, 6) is -1.26. The van der Waals surface area contributed by atoms with Crippen LogP contribution in [0, 0.1) is 5.92 Å². The highest BCUT2D eigenvalue weighted by Gasteiger charge is 2.38. The van der Waals surface area contributed by atoms with Gasteiger partial charge in [0.05, 0.1) is 19.1 Å². The summed E-state index contributed by atoms with van der Waals surface area (Å²) in [4.78, 5) is 22.4. The molecule has 1 aliphatic heterocycles. The van der Waals surface area contributed by atoms with Gasteiger partial charge in [-0.15, -0.1) is 0 Å². The number of methoxy groups -OCH3 is 1. The Morgan fingerprint density at radius 1 is 1.53 bits per heavy atom. The average molecular weight is 235 g/mol. The SMILES string of the molecule is COc1cccc([C@H]2NC(=O)C[C@@H]2C(=O)O)c1. The fourth-order valence-corrected chi connectivity index (χ4v) is 2.03. The Labute approximate surface area is 98.4 Å². The molecular weight excluding hydrogens is 222 g/mol. The number of benzene rings is 1. The predicted octanol–water partition coefficient (Wildman–Crippen LogP) is 0.957. The van der Waals surface area contributed by atoms with Crippen molar-refractivity contribution in [1.29, 1.82) is 0 Å². The van der Waals surface area contributed by atoms with Crippen LogP contribution in [0.15, 0.2) is 24.3 Å². The van der Waals surface area contributed by atoms with Crippen molar-refractivity contribution in [3.8, 4) is 5.75 Å². The lowest BCUT2D eigenvalue weighted by atomic mass is 9.94. The van der Waals surface area contributed by atoms with E-state index in [1.807, 2.05) is 0 Å². The number of carboxylic acid groups (broad SMARTS) is 1. The van der Waals surface area contributed by atoms with Crippen molar-refractivity contribution >= 4 is 11.9 Å². The maximum Gasteiger partial charge on any atom is 0.309 e. The highest BCUT2D eigenvalue weighted by atomic mass is 16.5. The van der Waals surface area contributed by atoms with Gasteiger partial charge in [0.15, 0.2) is 0 Å². The third-order valence-electron chi connectivity index (χ3n) is 2.89. The lowest BCUT2D eigenvalue weighted by molar-refractivity contribution is -0.142. The molecule has 2 N–H and O–H groups in total. The van der Waals surface area contributed by atoms with Crippen molar-refractivity contribution in [3.05, 3.63) is 29.8 Å². The van der Waals surface area contributed by atoms with E-state index in [2.05, 4.69) is 5.32 Å². The number of hydrogen-bond acceptors (Lipinski definition) is 3. The van der Waals surface area contributed by atoms with Gasteiger partial charge in [0.1, 0.15) is 5.75 Å². The second-order valence-electron chi connectivity index (χ2n) is 3.97. The number of aliphatic carboxylic acids is 1. The van der Waals surface area contributed by atoms with E-state index in [0.717, 1.165) is 5.56 Å². The van der Waals surface area contributed by atoms with E-state index in [4.69, 9.17) is 9.84 Å². The monoisotopic (exact) mass is 235 g/mol. The molecule has 0 saturated carbocycles. The lowest BCUT2D eigenvalue weighted by Gasteiger charge is -2.16. The van der Waals surface area contributed by atoms with Gasteiger partial charge in [-0.2, -0.15) is 0 Å². The minimum Gasteiger partial charge on any atom is -0.497 e. The molecule has 0 unspecified atom stereocenters. The van der Waals surface area contributed by atoms with Crippen LogP contribution in [0.5, 0.6) is 5.75 Å². The molecule has 1 aliphatic rings. The highest BCUT2D eigenvalue weighted by molar-refractivity contribution is 5.87. The standard InChI is InChI=1S/C12H13NO4/c1-17-8-4-2-3-7(5-8)11-9(12(15)16)6-10(14)13-11/h2-5,9,11H,6H2,1H3,(H,13,14)(H,15,16)/t9-,11+/m0/s1. The summed E-state index contributed by atoms with van der Waals surface area (Å²) in [6, 6.07) is 6.60. The first-order valence-corrected chi connectivity index (χ1v) is 5.28. The van der Waals surface area contributed by atoms with Crippen LogP contribution in [0.2, 0.25) is 0 Å². The first-order chi connectivity index (χ1) is 8.11. The summed E-state index contributed by atoms with van der Waals surface area (Å²) < 4.78 is 5.08. The number of amides is 1. The first kappa shape index (κ1) is 11.4. The molecule has 5 nitrogen and oxygen atoms in total. The fraction of sp³-hybridized carbons (Fsp3) is 0.333. The van der Waals surface area contributed by atoms with E-state index in [0.29, 0.717) is 5.75 Å². The molecule has 1 aromatic carbocycles. The molecule has 0 spiro atoms. The van der Waals surface area contributed by atoms with Crippen LogP contribution in [0.3, 0.4) is 0 Å². The van der Waals surface area contributed by atoms with E-state index in [9.17, 15) is 9.59 Å². The lowest BCUT2D eigenvalue weighted by Crippen LogP contribution is -2.24. The Hall–Kier alpha value is -2.04. The van der Waals surface area contributed by atoms with Gasteiger partial charge >= 0.3 is 5.97 Å². The molecule has 1 saturated heterocycles. The summed E-state index contributed by atoms with van der Waals surface area (Å²) in [5.41, 5.74) is 0.752. The van der Waals surface area contributed by atoms with Gasteiger partial charge in [0.2, 0.25) is 5.91 Å². The molecule has 1 aromatic rings. The van der Waals surface area contributed by atoms with E-state index in [-0.39, 0.29) is 12.3 Å². The molecule has 0 radical (unpaired) electrons. The van der Waals surface area contributed by atoms with Crippen LogP contribution in [-0.4, -0.2) is 24.1 Å². The molecule has 17 heavy (non-hydrogen) atoms. The normalized spacial score (nSPS) is 23.2. The molecule has 5 heteroatoms. The summed E-state index contributed by atoms with van der Waals surface area (Å²) in [7, 11) is 1.54. The second-order valence-corrected chi connectivity index (χ2v) is 3.97. The average Bonchev–Trinajstić information content (AvgIpc) is 2.72. The first-order valence-electron chi connectivity index (χ1n) is 5.28. The minimum absolute atomic E-state index is 0.0250. The van der Waals surface area contributed by atoms with Crippen molar-refractivity contribution in [3.63, 3.8) is 0 Å². The topological polar surface area (TPSA) is 75.6 Å². The minimum atomic E-state index is -0.962. The van der Waals surface area contributed by atoms with Gasteiger partial charge < -0.3 is 15.2 Å². The smallest absolute Gasteiger partial charge is 0.309 e. The number of carbonyl (C=O) groups is 2. The molecule has 2 rings (SSSR count). The zero-order valence-corrected chi connectivity index (χ0v) is 9.34.